The van der Waals surface area contributed by atoms with Crippen molar-refractivity contribution in [2.24, 2.45) is 0 Å². The minimum atomic E-state index is -0.559. The Labute approximate surface area is 149 Å². The highest BCUT2D eigenvalue weighted by molar-refractivity contribution is 5.98. The monoisotopic (exact) mass is 362 g/mol. The van der Waals surface area contributed by atoms with E-state index in [1.54, 1.807) is 19.2 Å². The molecule has 0 fully saturated rings. The highest BCUT2D eigenvalue weighted by atomic mass is 16.6. The van der Waals surface area contributed by atoms with E-state index in [-0.39, 0.29) is 30.0 Å². The zero-order chi connectivity index (χ0) is 18.8. The first-order valence-electron chi connectivity index (χ1n) is 7.99. The molecule has 3 atom stereocenters. The third kappa shape index (κ3) is 3.38. The van der Waals surface area contributed by atoms with E-state index in [4.69, 9.17) is 9.47 Å². The van der Waals surface area contributed by atoms with Crippen LogP contribution in [0.25, 0.3) is 0 Å². The Hall–Kier alpha value is -2.94. The Morgan fingerprint density at radius 1 is 1.42 bits per heavy atom. The summed E-state index contributed by atoms with van der Waals surface area (Å²) in [5.41, 5.74) is -0.0509. The van der Waals surface area contributed by atoms with Crippen LogP contribution in [0.1, 0.15) is 16.8 Å². The number of benzene rings is 1. The standard InChI is InChI=1S/C17H18N2O7/c1-18-13-5-4-11(8-16(20)24-2)26-15(13)9-25-14-6-3-10(19(22)23)7-12(14)17(18)21/h3-7,11,13,15H,8-9H2,1-2H3/t11-,13-,15+/m0/s1. The van der Waals surface area contributed by atoms with Gasteiger partial charge < -0.3 is 19.1 Å². The van der Waals surface area contributed by atoms with Gasteiger partial charge in [-0.2, -0.15) is 0 Å². The van der Waals surface area contributed by atoms with Crippen LogP contribution in [0.4, 0.5) is 5.69 Å². The van der Waals surface area contributed by atoms with Crippen molar-refractivity contribution in [3.8, 4) is 5.75 Å². The quantitative estimate of drug-likeness (QED) is 0.345. The zero-order valence-electron chi connectivity index (χ0n) is 14.3. The maximum absolute atomic E-state index is 12.8. The maximum Gasteiger partial charge on any atom is 0.308 e. The van der Waals surface area contributed by atoms with Crippen LogP contribution in [-0.2, 0) is 14.3 Å². The van der Waals surface area contributed by atoms with Crippen LogP contribution in [-0.4, -0.2) is 60.7 Å². The molecule has 0 aliphatic carbocycles. The van der Waals surface area contributed by atoms with Crippen molar-refractivity contribution in [2.75, 3.05) is 20.8 Å². The summed E-state index contributed by atoms with van der Waals surface area (Å²) in [6.07, 6.45) is 2.61. The van der Waals surface area contributed by atoms with Gasteiger partial charge in [0.2, 0.25) is 0 Å². The van der Waals surface area contributed by atoms with Crippen molar-refractivity contribution in [1.82, 2.24) is 4.90 Å². The topological polar surface area (TPSA) is 108 Å². The van der Waals surface area contributed by atoms with Crippen molar-refractivity contribution in [3.63, 3.8) is 0 Å². The van der Waals surface area contributed by atoms with Gasteiger partial charge in [0.15, 0.2) is 0 Å². The van der Waals surface area contributed by atoms with E-state index in [9.17, 15) is 19.7 Å². The van der Waals surface area contributed by atoms with Crippen LogP contribution < -0.4 is 4.74 Å². The fraction of sp³-hybridized carbons (Fsp3) is 0.412. The van der Waals surface area contributed by atoms with Crippen LogP contribution in [0.15, 0.2) is 30.4 Å². The second kappa shape index (κ2) is 7.12. The molecule has 0 saturated heterocycles. The Morgan fingerprint density at radius 2 is 2.19 bits per heavy atom. The molecule has 9 heteroatoms. The van der Waals surface area contributed by atoms with Gasteiger partial charge in [-0.3, -0.25) is 19.7 Å². The molecule has 1 amide bonds. The number of esters is 1. The number of nitro benzene ring substituents is 1. The molecule has 0 aromatic heterocycles. The number of carbonyl (C=O) groups excluding carboxylic acids is 2. The van der Waals surface area contributed by atoms with E-state index in [0.717, 1.165) is 0 Å². The van der Waals surface area contributed by atoms with Gasteiger partial charge >= 0.3 is 5.97 Å². The Morgan fingerprint density at radius 3 is 2.88 bits per heavy atom. The van der Waals surface area contributed by atoms with Crippen LogP contribution in [0, 0.1) is 10.1 Å². The van der Waals surface area contributed by atoms with E-state index >= 15 is 0 Å². The number of non-ortho nitro benzene ring substituents is 1. The average molecular weight is 362 g/mol. The zero-order valence-corrected chi connectivity index (χ0v) is 14.3. The van der Waals surface area contributed by atoms with Gasteiger partial charge in [0.25, 0.3) is 11.6 Å². The largest absolute Gasteiger partial charge is 0.490 e. The summed E-state index contributed by atoms with van der Waals surface area (Å²) in [5, 5.41) is 11.0. The summed E-state index contributed by atoms with van der Waals surface area (Å²) < 4.78 is 16.2. The number of amides is 1. The number of ether oxygens (including phenoxy) is 3. The number of nitrogens with zero attached hydrogens (tertiary/aromatic N) is 2. The van der Waals surface area contributed by atoms with E-state index in [0.29, 0.717) is 0 Å². The molecule has 2 aliphatic heterocycles. The van der Waals surface area contributed by atoms with Crippen molar-refractivity contribution in [2.45, 2.75) is 24.7 Å². The Bertz CT molecular complexity index is 776. The van der Waals surface area contributed by atoms with Gasteiger partial charge in [0, 0.05) is 19.2 Å². The van der Waals surface area contributed by atoms with Gasteiger partial charge in [0.05, 0.1) is 36.2 Å². The molecule has 3 rings (SSSR count). The summed E-state index contributed by atoms with van der Waals surface area (Å²) in [4.78, 5) is 36.1. The third-order valence-electron chi connectivity index (χ3n) is 4.42. The molecule has 2 aliphatic rings. The number of hydrogen-bond acceptors (Lipinski definition) is 7. The summed E-state index contributed by atoms with van der Waals surface area (Å²) in [6.45, 7) is 0.134. The first-order chi connectivity index (χ1) is 12.4. The lowest BCUT2D eigenvalue weighted by atomic mass is 10.0. The van der Waals surface area contributed by atoms with E-state index in [1.807, 2.05) is 0 Å². The molecule has 26 heavy (non-hydrogen) atoms. The van der Waals surface area contributed by atoms with E-state index in [2.05, 4.69) is 4.74 Å². The van der Waals surface area contributed by atoms with E-state index in [1.165, 1.54) is 30.2 Å². The molecular weight excluding hydrogens is 344 g/mol. The van der Waals surface area contributed by atoms with Crippen molar-refractivity contribution >= 4 is 17.6 Å². The summed E-state index contributed by atoms with van der Waals surface area (Å²) in [7, 11) is 2.90. The normalized spacial score (nSPS) is 24.6. The van der Waals surface area contributed by atoms with Crippen LogP contribution >= 0.6 is 0 Å². The second-order valence-electron chi connectivity index (χ2n) is 6.03. The number of likely N-dealkylation sites (N-methyl/N-ethyl adjacent to an activating group) is 1. The molecule has 2 heterocycles. The van der Waals surface area contributed by atoms with Gasteiger partial charge in [-0.1, -0.05) is 12.2 Å². The lowest BCUT2D eigenvalue weighted by molar-refractivity contribution is -0.384. The first kappa shape index (κ1) is 17.9. The van der Waals surface area contributed by atoms with Crippen LogP contribution in [0.5, 0.6) is 5.75 Å². The van der Waals surface area contributed by atoms with Crippen LogP contribution in [0.2, 0.25) is 0 Å². The number of fused-ring (bicyclic) bond motifs is 2. The van der Waals surface area contributed by atoms with Gasteiger partial charge in [-0.15, -0.1) is 0 Å². The number of carbonyl (C=O) groups is 2. The van der Waals surface area contributed by atoms with Crippen molar-refractivity contribution in [1.29, 1.82) is 0 Å². The first-order valence-corrected chi connectivity index (χ1v) is 7.99. The molecule has 0 bridgehead atoms. The summed E-state index contributed by atoms with van der Waals surface area (Å²) >= 11 is 0. The van der Waals surface area contributed by atoms with Gasteiger partial charge in [0.1, 0.15) is 18.5 Å². The summed E-state index contributed by atoms with van der Waals surface area (Å²) in [5.74, 6) is -0.543. The number of rotatable bonds is 3. The lowest BCUT2D eigenvalue weighted by Crippen LogP contribution is -2.51. The average Bonchev–Trinajstić information content (AvgIpc) is 2.64. The molecule has 9 nitrogen and oxygen atoms in total. The highest BCUT2D eigenvalue weighted by Gasteiger charge is 2.37. The minimum absolute atomic E-state index is 0.0661. The Balaban J connectivity index is 1.88. The number of nitro groups is 1. The van der Waals surface area contributed by atoms with E-state index < -0.39 is 35.0 Å². The predicted molar refractivity (Wildman–Crippen MR) is 88.9 cm³/mol. The fourth-order valence-corrected chi connectivity index (χ4v) is 3.01. The van der Waals surface area contributed by atoms with Gasteiger partial charge in [-0.05, 0) is 6.07 Å². The molecule has 1 aromatic carbocycles. The molecule has 0 spiro atoms. The maximum atomic E-state index is 12.8. The van der Waals surface area contributed by atoms with Crippen molar-refractivity contribution < 1.29 is 28.7 Å². The lowest BCUT2D eigenvalue weighted by Gasteiger charge is -2.38. The minimum Gasteiger partial charge on any atom is -0.490 e. The molecule has 0 radical (unpaired) electrons. The number of hydrogen-bond donors (Lipinski definition) is 0. The smallest absolute Gasteiger partial charge is 0.308 e. The SMILES string of the molecule is COC(=O)C[C@@H]1C=C[C@H]2[C@@H](COc3ccc([N+](=O)[O-])cc3C(=O)N2C)O1. The highest BCUT2D eigenvalue weighted by Crippen LogP contribution is 2.30. The number of methoxy groups -OCH3 is 1. The molecule has 138 valence electrons. The molecule has 0 N–H and O–H groups in total. The third-order valence-corrected chi connectivity index (χ3v) is 4.42. The summed E-state index contributed by atoms with van der Waals surface area (Å²) in [6, 6.07) is 3.49. The van der Waals surface area contributed by atoms with Gasteiger partial charge in [-0.25, -0.2) is 0 Å². The molecule has 1 aromatic rings. The second-order valence-corrected chi connectivity index (χ2v) is 6.03. The molecule has 0 saturated carbocycles. The Kier molecular flexibility index (Phi) is 4.90. The molecule has 0 unspecified atom stereocenters. The van der Waals surface area contributed by atoms with Crippen molar-refractivity contribution in [3.05, 3.63) is 46.0 Å². The fourth-order valence-electron chi connectivity index (χ4n) is 3.01. The van der Waals surface area contributed by atoms with Crippen LogP contribution in [0.3, 0.4) is 0 Å². The molecular formula is C17H18N2O7. The predicted octanol–water partition coefficient (Wildman–Crippen LogP) is 1.31.